The summed E-state index contributed by atoms with van der Waals surface area (Å²) >= 11 is 0. The summed E-state index contributed by atoms with van der Waals surface area (Å²) in [7, 11) is 0. The minimum Gasteiger partial charge on any atom is -0.507 e. The van der Waals surface area contributed by atoms with E-state index in [0.717, 1.165) is 0 Å². The third-order valence-electron chi connectivity index (χ3n) is 2.51. The maximum atomic E-state index is 12.4. The molecule has 0 fully saturated rings. The van der Waals surface area contributed by atoms with Gasteiger partial charge < -0.3 is 14.9 Å². The molecule has 9 heteroatoms. The zero-order chi connectivity index (χ0) is 15.6. The largest absolute Gasteiger partial charge is 0.507 e. The van der Waals surface area contributed by atoms with Crippen LogP contribution in [0.2, 0.25) is 0 Å². The number of halogens is 3. The molecule has 2 rings (SSSR count). The molecule has 1 aromatic carbocycles. The molecule has 6 nitrogen and oxygen atoms in total. The van der Waals surface area contributed by atoms with Crippen molar-refractivity contribution in [3.63, 3.8) is 0 Å². The Kier molecular flexibility index (Phi) is 3.83. The van der Waals surface area contributed by atoms with E-state index >= 15 is 0 Å². The first-order valence-corrected chi connectivity index (χ1v) is 5.85. The number of anilines is 1. The number of amides is 1. The highest BCUT2D eigenvalue weighted by Gasteiger charge is 2.38. The van der Waals surface area contributed by atoms with Crippen molar-refractivity contribution in [3.05, 3.63) is 24.1 Å². The normalized spacial score (nSPS) is 11.4. The molecule has 0 atom stereocenters. The highest BCUT2D eigenvalue weighted by Crippen LogP contribution is 2.33. The van der Waals surface area contributed by atoms with Crippen LogP contribution in [0.3, 0.4) is 0 Å². The Morgan fingerprint density at radius 1 is 1.43 bits per heavy atom. The first-order chi connectivity index (χ1) is 9.81. The van der Waals surface area contributed by atoms with Crippen molar-refractivity contribution >= 4 is 11.6 Å². The van der Waals surface area contributed by atoms with Crippen LogP contribution >= 0.6 is 0 Å². The van der Waals surface area contributed by atoms with Crippen LogP contribution in [0.5, 0.6) is 5.75 Å². The van der Waals surface area contributed by atoms with Crippen LogP contribution < -0.4 is 5.32 Å². The maximum absolute atomic E-state index is 12.4. The second kappa shape index (κ2) is 5.43. The van der Waals surface area contributed by atoms with E-state index in [1.54, 1.807) is 6.92 Å². The standard InChI is InChI=1S/C12H10F3N3O3/c1-2-9(20)16-6-3-4-7(8(19)5-6)10-17-11(21-18-10)12(13,14)15/h3-5,19H,2H2,1H3,(H,16,20). The van der Waals surface area contributed by atoms with Crippen LogP contribution in [0.4, 0.5) is 18.9 Å². The summed E-state index contributed by atoms with van der Waals surface area (Å²) in [6.45, 7) is 1.65. The molecule has 0 saturated carbocycles. The van der Waals surface area contributed by atoms with Crippen molar-refractivity contribution in [2.24, 2.45) is 0 Å². The fourth-order valence-corrected chi connectivity index (χ4v) is 1.50. The summed E-state index contributed by atoms with van der Waals surface area (Å²) in [4.78, 5) is 14.4. The molecule has 2 N–H and O–H groups in total. The van der Waals surface area contributed by atoms with Gasteiger partial charge in [0.05, 0.1) is 5.56 Å². The molecule has 0 unspecified atom stereocenters. The molecule has 0 aliphatic rings. The lowest BCUT2D eigenvalue weighted by atomic mass is 10.1. The van der Waals surface area contributed by atoms with Crippen molar-refractivity contribution < 1.29 is 27.6 Å². The van der Waals surface area contributed by atoms with E-state index in [4.69, 9.17) is 0 Å². The number of carbonyl (C=O) groups excluding carboxylic acids is 1. The molecule has 0 bridgehead atoms. The van der Waals surface area contributed by atoms with Crippen LogP contribution in [0.25, 0.3) is 11.4 Å². The lowest BCUT2D eigenvalue weighted by molar-refractivity contribution is -0.159. The lowest BCUT2D eigenvalue weighted by Crippen LogP contribution is -2.09. The predicted molar refractivity (Wildman–Crippen MR) is 65.3 cm³/mol. The van der Waals surface area contributed by atoms with E-state index in [1.165, 1.54) is 18.2 Å². The van der Waals surface area contributed by atoms with E-state index in [9.17, 15) is 23.1 Å². The number of nitrogens with zero attached hydrogens (tertiary/aromatic N) is 2. The molecule has 21 heavy (non-hydrogen) atoms. The number of alkyl halides is 3. The van der Waals surface area contributed by atoms with Crippen molar-refractivity contribution in [1.82, 2.24) is 10.1 Å². The number of nitrogens with one attached hydrogen (secondary N) is 1. The third kappa shape index (κ3) is 3.30. The fourth-order valence-electron chi connectivity index (χ4n) is 1.50. The van der Waals surface area contributed by atoms with E-state index in [2.05, 4.69) is 20.0 Å². The Morgan fingerprint density at radius 2 is 2.14 bits per heavy atom. The molecule has 2 aromatic rings. The molecule has 0 radical (unpaired) electrons. The number of carbonyl (C=O) groups is 1. The quantitative estimate of drug-likeness (QED) is 0.910. The average Bonchev–Trinajstić information content (AvgIpc) is 2.88. The van der Waals surface area contributed by atoms with Gasteiger partial charge in [0.25, 0.3) is 0 Å². The Balaban J connectivity index is 2.29. The van der Waals surface area contributed by atoms with Gasteiger partial charge in [-0.15, -0.1) is 0 Å². The first-order valence-electron chi connectivity index (χ1n) is 5.85. The highest BCUT2D eigenvalue weighted by molar-refractivity contribution is 5.91. The van der Waals surface area contributed by atoms with Gasteiger partial charge in [-0.1, -0.05) is 12.1 Å². The number of benzene rings is 1. The average molecular weight is 301 g/mol. The van der Waals surface area contributed by atoms with Crippen LogP contribution in [0.1, 0.15) is 19.2 Å². The summed E-state index contributed by atoms with van der Waals surface area (Å²) in [5, 5.41) is 15.5. The van der Waals surface area contributed by atoms with Crippen LogP contribution in [-0.4, -0.2) is 21.2 Å². The SMILES string of the molecule is CCC(=O)Nc1ccc(-c2noc(C(F)(F)F)n2)c(O)c1. The molecule has 0 aliphatic heterocycles. The minimum atomic E-state index is -4.75. The molecule has 0 spiro atoms. The Bertz CT molecular complexity index is 667. The number of aromatic hydroxyl groups is 1. The summed E-state index contributed by atoms with van der Waals surface area (Å²) < 4.78 is 41.2. The molecule has 0 saturated heterocycles. The van der Waals surface area contributed by atoms with Gasteiger partial charge in [-0.2, -0.15) is 18.2 Å². The lowest BCUT2D eigenvalue weighted by Gasteiger charge is -2.06. The van der Waals surface area contributed by atoms with E-state index in [-0.39, 0.29) is 23.6 Å². The first kappa shape index (κ1) is 14.8. The number of rotatable bonds is 3. The zero-order valence-electron chi connectivity index (χ0n) is 10.7. The molecule has 1 heterocycles. The second-order valence-corrected chi connectivity index (χ2v) is 4.05. The van der Waals surface area contributed by atoms with Gasteiger partial charge in [-0.05, 0) is 12.1 Å². The highest BCUT2D eigenvalue weighted by atomic mass is 19.4. The molecular formula is C12H10F3N3O3. The minimum absolute atomic E-state index is 0.0382. The number of phenolic OH excluding ortho intramolecular Hbond substituents is 1. The van der Waals surface area contributed by atoms with Gasteiger partial charge in [0.15, 0.2) is 0 Å². The zero-order valence-corrected chi connectivity index (χ0v) is 10.7. The number of phenols is 1. The fraction of sp³-hybridized carbons (Fsp3) is 0.250. The van der Waals surface area contributed by atoms with Gasteiger partial charge in [-0.25, -0.2) is 0 Å². The molecule has 1 amide bonds. The van der Waals surface area contributed by atoms with Crippen molar-refractivity contribution in [2.45, 2.75) is 19.5 Å². The van der Waals surface area contributed by atoms with Crippen LogP contribution in [0, 0.1) is 0 Å². The molecule has 112 valence electrons. The summed E-state index contributed by atoms with van der Waals surface area (Å²) in [6, 6.07) is 3.88. The molecular weight excluding hydrogens is 291 g/mol. The monoisotopic (exact) mass is 301 g/mol. The summed E-state index contributed by atoms with van der Waals surface area (Å²) in [5.74, 6) is -2.53. The molecule has 1 aromatic heterocycles. The van der Waals surface area contributed by atoms with Crippen molar-refractivity contribution in [1.29, 1.82) is 0 Å². The maximum Gasteiger partial charge on any atom is 0.471 e. The van der Waals surface area contributed by atoms with Crippen molar-refractivity contribution in [3.8, 4) is 17.1 Å². The van der Waals surface area contributed by atoms with Gasteiger partial charge in [0, 0.05) is 18.2 Å². The number of hydrogen-bond donors (Lipinski definition) is 2. The van der Waals surface area contributed by atoms with Gasteiger partial charge in [-0.3, -0.25) is 4.79 Å². The second-order valence-electron chi connectivity index (χ2n) is 4.05. The van der Waals surface area contributed by atoms with Crippen molar-refractivity contribution in [2.75, 3.05) is 5.32 Å². The Hall–Kier alpha value is -2.58. The third-order valence-corrected chi connectivity index (χ3v) is 2.51. The summed E-state index contributed by atoms with van der Waals surface area (Å²) in [5.41, 5.74) is 0.270. The Morgan fingerprint density at radius 3 is 2.67 bits per heavy atom. The van der Waals surface area contributed by atoms with Gasteiger partial charge in [0.2, 0.25) is 11.7 Å². The number of hydrogen-bond acceptors (Lipinski definition) is 5. The summed E-state index contributed by atoms with van der Waals surface area (Å²) in [6.07, 6.45) is -4.50. The number of aromatic nitrogens is 2. The Labute approximate surface area is 116 Å². The van der Waals surface area contributed by atoms with Gasteiger partial charge >= 0.3 is 12.1 Å². The predicted octanol–water partition coefficient (Wildman–Crippen LogP) is 2.81. The molecule has 0 aliphatic carbocycles. The van der Waals surface area contributed by atoms with E-state index < -0.39 is 17.9 Å². The van der Waals surface area contributed by atoms with Crippen LogP contribution in [0.15, 0.2) is 22.7 Å². The smallest absolute Gasteiger partial charge is 0.471 e. The van der Waals surface area contributed by atoms with E-state index in [1.807, 2.05) is 0 Å². The van der Waals surface area contributed by atoms with E-state index in [0.29, 0.717) is 5.69 Å². The topological polar surface area (TPSA) is 88.3 Å². The van der Waals surface area contributed by atoms with Gasteiger partial charge in [0.1, 0.15) is 5.75 Å². The van der Waals surface area contributed by atoms with Crippen LogP contribution in [-0.2, 0) is 11.0 Å².